The first kappa shape index (κ1) is 15.2. The minimum Gasteiger partial charge on any atom is -0.293 e. The Bertz CT molecular complexity index is 602. The van der Waals surface area contributed by atoms with Crippen molar-refractivity contribution >= 4 is 11.7 Å². The molecule has 22 heavy (non-hydrogen) atoms. The van der Waals surface area contributed by atoms with E-state index in [0.717, 1.165) is 29.2 Å². The zero-order chi connectivity index (χ0) is 15.7. The van der Waals surface area contributed by atoms with Gasteiger partial charge in [0.05, 0.1) is 12.6 Å². The van der Waals surface area contributed by atoms with Gasteiger partial charge in [-0.3, -0.25) is 19.7 Å². The number of aliphatic imine (C=N–C) groups is 1. The van der Waals surface area contributed by atoms with Gasteiger partial charge in [0.2, 0.25) is 5.91 Å². The standard InChI is InChI=1S/C18H25N3O/c1-12-9-13(2)17(19-10-12)18-20-16(11-21(18)14(3)22)15-7-5-4-6-8-15/h9-10,15-16H,4-8,11H2,1-3H3. The summed E-state index contributed by atoms with van der Waals surface area (Å²) in [6.45, 7) is 6.44. The number of hydrogen-bond acceptors (Lipinski definition) is 3. The van der Waals surface area contributed by atoms with Gasteiger partial charge in [-0.1, -0.05) is 25.3 Å². The molecule has 1 atom stereocenters. The van der Waals surface area contributed by atoms with Crippen molar-refractivity contribution in [1.82, 2.24) is 9.88 Å². The molecule has 1 aliphatic heterocycles. The van der Waals surface area contributed by atoms with Crippen LogP contribution in [0.15, 0.2) is 17.3 Å². The van der Waals surface area contributed by atoms with E-state index in [1.54, 1.807) is 6.92 Å². The van der Waals surface area contributed by atoms with E-state index in [-0.39, 0.29) is 11.9 Å². The van der Waals surface area contributed by atoms with Gasteiger partial charge in [-0.05, 0) is 43.7 Å². The van der Waals surface area contributed by atoms with Crippen LogP contribution in [-0.4, -0.2) is 34.2 Å². The minimum absolute atomic E-state index is 0.0684. The Morgan fingerprint density at radius 1 is 1.23 bits per heavy atom. The largest absolute Gasteiger partial charge is 0.293 e. The van der Waals surface area contributed by atoms with Crippen molar-refractivity contribution in [1.29, 1.82) is 0 Å². The first-order chi connectivity index (χ1) is 10.6. The highest BCUT2D eigenvalue weighted by Crippen LogP contribution is 2.31. The zero-order valence-corrected chi connectivity index (χ0v) is 13.8. The first-order valence-electron chi connectivity index (χ1n) is 8.36. The second-order valence-electron chi connectivity index (χ2n) is 6.73. The molecule has 3 rings (SSSR count). The van der Waals surface area contributed by atoms with Crippen molar-refractivity contribution in [3.05, 3.63) is 29.1 Å². The van der Waals surface area contributed by atoms with Crippen LogP contribution in [-0.2, 0) is 4.79 Å². The van der Waals surface area contributed by atoms with Gasteiger partial charge in [0.1, 0.15) is 5.69 Å². The van der Waals surface area contributed by atoms with E-state index in [9.17, 15) is 4.79 Å². The van der Waals surface area contributed by atoms with E-state index in [2.05, 4.69) is 11.1 Å². The molecule has 0 bridgehead atoms. The molecular weight excluding hydrogens is 274 g/mol. The van der Waals surface area contributed by atoms with E-state index in [1.165, 1.54) is 32.1 Å². The monoisotopic (exact) mass is 299 g/mol. The van der Waals surface area contributed by atoms with Crippen molar-refractivity contribution in [3.8, 4) is 0 Å². The van der Waals surface area contributed by atoms with Gasteiger partial charge >= 0.3 is 0 Å². The Morgan fingerprint density at radius 2 is 1.95 bits per heavy atom. The van der Waals surface area contributed by atoms with Gasteiger partial charge in [0.15, 0.2) is 5.84 Å². The van der Waals surface area contributed by atoms with Crippen LogP contribution in [0.5, 0.6) is 0 Å². The van der Waals surface area contributed by atoms with Crippen LogP contribution in [0.1, 0.15) is 55.8 Å². The Labute approximate surface area is 132 Å². The second-order valence-corrected chi connectivity index (χ2v) is 6.73. The average Bonchev–Trinajstić information content (AvgIpc) is 2.93. The lowest BCUT2D eigenvalue weighted by molar-refractivity contribution is -0.124. The molecule has 0 radical (unpaired) electrons. The van der Waals surface area contributed by atoms with Crippen molar-refractivity contribution in [2.45, 2.75) is 58.9 Å². The van der Waals surface area contributed by atoms with Crippen molar-refractivity contribution < 1.29 is 4.79 Å². The van der Waals surface area contributed by atoms with Gasteiger partial charge < -0.3 is 0 Å². The summed E-state index contributed by atoms with van der Waals surface area (Å²) in [5.41, 5.74) is 3.09. The third-order valence-electron chi connectivity index (χ3n) is 4.91. The van der Waals surface area contributed by atoms with E-state index < -0.39 is 0 Å². The Morgan fingerprint density at radius 3 is 2.59 bits per heavy atom. The molecule has 1 aromatic rings. The SMILES string of the molecule is CC(=O)N1CC(C2CCCCC2)N=C1c1ncc(C)cc1C. The van der Waals surface area contributed by atoms with Crippen LogP contribution >= 0.6 is 0 Å². The van der Waals surface area contributed by atoms with Crippen molar-refractivity contribution in [2.24, 2.45) is 10.9 Å². The van der Waals surface area contributed by atoms with Crippen LogP contribution < -0.4 is 0 Å². The molecule has 4 nitrogen and oxygen atoms in total. The number of rotatable bonds is 2. The molecule has 1 fully saturated rings. The summed E-state index contributed by atoms with van der Waals surface area (Å²) in [4.78, 5) is 23.4. The Balaban J connectivity index is 1.92. The predicted molar refractivity (Wildman–Crippen MR) is 88.0 cm³/mol. The van der Waals surface area contributed by atoms with E-state index in [4.69, 9.17) is 4.99 Å². The fraction of sp³-hybridized carbons (Fsp3) is 0.611. The number of aromatic nitrogens is 1. The lowest BCUT2D eigenvalue weighted by Crippen LogP contribution is -2.36. The van der Waals surface area contributed by atoms with Gasteiger partial charge in [-0.2, -0.15) is 0 Å². The summed E-state index contributed by atoms with van der Waals surface area (Å²) in [5, 5.41) is 0. The maximum Gasteiger partial charge on any atom is 0.225 e. The summed E-state index contributed by atoms with van der Waals surface area (Å²) in [6, 6.07) is 2.36. The molecule has 1 unspecified atom stereocenters. The quantitative estimate of drug-likeness (QED) is 0.841. The third-order valence-corrected chi connectivity index (χ3v) is 4.91. The van der Waals surface area contributed by atoms with Crippen LogP contribution in [0.25, 0.3) is 0 Å². The van der Waals surface area contributed by atoms with E-state index in [1.807, 2.05) is 24.9 Å². The molecule has 2 heterocycles. The topological polar surface area (TPSA) is 45.6 Å². The third kappa shape index (κ3) is 2.92. The highest BCUT2D eigenvalue weighted by atomic mass is 16.2. The molecule has 1 amide bonds. The number of amides is 1. The maximum absolute atomic E-state index is 12.1. The van der Waals surface area contributed by atoms with Gasteiger partial charge in [-0.15, -0.1) is 0 Å². The number of carbonyl (C=O) groups is 1. The molecule has 0 aromatic carbocycles. The number of pyridine rings is 1. The normalized spacial score (nSPS) is 22.8. The molecule has 118 valence electrons. The smallest absolute Gasteiger partial charge is 0.225 e. The predicted octanol–water partition coefficient (Wildman–Crippen LogP) is 3.26. The van der Waals surface area contributed by atoms with Gasteiger partial charge in [0, 0.05) is 13.1 Å². The summed E-state index contributed by atoms with van der Waals surface area (Å²) >= 11 is 0. The average molecular weight is 299 g/mol. The lowest BCUT2D eigenvalue weighted by Gasteiger charge is -2.26. The fourth-order valence-electron chi connectivity index (χ4n) is 3.73. The van der Waals surface area contributed by atoms with Gasteiger partial charge in [-0.25, -0.2) is 0 Å². The molecule has 0 N–H and O–H groups in total. The van der Waals surface area contributed by atoms with Crippen LogP contribution in [0.3, 0.4) is 0 Å². The highest BCUT2D eigenvalue weighted by molar-refractivity contribution is 6.08. The summed E-state index contributed by atoms with van der Waals surface area (Å²) in [7, 11) is 0. The second kappa shape index (κ2) is 6.19. The molecule has 1 saturated carbocycles. The first-order valence-corrected chi connectivity index (χ1v) is 8.36. The minimum atomic E-state index is 0.0684. The molecule has 4 heteroatoms. The molecule has 0 saturated heterocycles. The molecule has 1 aliphatic carbocycles. The maximum atomic E-state index is 12.1. The molecule has 2 aliphatic rings. The van der Waals surface area contributed by atoms with Crippen LogP contribution in [0.4, 0.5) is 0 Å². The van der Waals surface area contributed by atoms with E-state index >= 15 is 0 Å². The number of nitrogens with zero attached hydrogens (tertiary/aromatic N) is 3. The number of carbonyl (C=O) groups excluding carboxylic acids is 1. The number of aryl methyl sites for hydroxylation is 2. The number of amidine groups is 1. The summed E-state index contributed by atoms with van der Waals surface area (Å²) in [6.07, 6.45) is 8.29. The lowest BCUT2D eigenvalue weighted by atomic mass is 9.84. The Kier molecular flexibility index (Phi) is 4.27. The Hall–Kier alpha value is -1.71. The zero-order valence-electron chi connectivity index (χ0n) is 13.8. The molecule has 0 spiro atoms. The highest BCUT2D eigenvalue weighted by Gasteiger charge is 2.35. The molecule has 1 aromatic heterocycles. The van der Waals surface area contributed by atoms with Crippen LogP contribution in [0.2, 0.25) is 0 Å². The van der Waals surface area contributed by atoms with Crippen molar-refractivity contribution in [3.63, 3.8) is 0 Å². The van der Waals surface area contributed by atoms with E-state index in [0.29, 0.717) is 5.92 Å². The number of hydrogen-bond donors (Lipinski definition) is 0. The summed E-state index contributed by atoms with van der Waals surface area (Å²) in [5.74, 6) is 1.47. The van der Waals surface area contributed by atoms with Crippen LogP contribution in [0, 0.1) is 19.8 Å². The van der Waals surface area contributed by atoms with Crippen molar-refractivity contribution in [2.75, 3.05) is 6.54 Å². The van der Waals surface area contributed by atoms with Gasteiger partial charge in [0.25, 0.3) is 0 Å². The fourth-order valence-corrected chi connectivity index (χ4v) is 3.73. The summed E-state index contributed by atoms with van der Waals surface area (Å²) < 4.78 is 0. The molecular formula is C18H25N3O.